The molecule has 2 rings (SSSR count). The molecule has 3 atom stereocenters. The van der Waals surface area contributed by atoms with Crippen LogP contribution in [0.2, 0.25) is 0 Å². The number of rotatable bonds is 6. The van der Waals surface area contributed by atoms with E-state index in [1.54, 1.807) is 0 Å². The van der Waals surface area contributed by atoms with Gasteiger partial charge in [-0.3, -0.25) is 0 Å². The Morgan fingerprint density at radius 2 is 1.57 bits per heavy atom. The van der Waals surface area contributed by atoms with E-state index in [2.05, 4.69) is 63.2 Å². The first-order chi connectivity index (χ1) is 10.2. The monoisotopic (exact) mass is 282 g/mol. The average Bonchev–Trinajstić information content (AvgIpc) is 2.55. The third kappa shape index (κ3) is 3.74. The quantitative estimate of drug-likeness (QED) is 0.780. The third-order valence-electron chi connectivity index (χ3n) is 4.48. The Labute approximate surface area is 128 Å². The predicted octanol–water partition coefficient (Wildman–Crippen LogP) is 5.11. The van der Waals surface area contributed by atoms with Crippen LogP contribution in [0.1, 0.15) is 55.9 Å². The summed E-state index contributed by atoms with van der Waals surface area (Å²) in [5.41, 5.74) is 3.53. The van der Waals surface area contributed by atoms with Crippen molar-refractivity contribution in [2.75, 3.05) is 0 Å². The largest absolute Gasteiger partial charge is 0.388 e. The molecule has 0 aliphatic heterocycles. The molecule has 112 valence electrons. The van der Waals surface area contributed by atoms with Gasteiger partial charge in [0.1, 0.15) is 0 Å². The summed E-state index contributed by atoms with van der Waals surface area (Å²) in [5.74, 6) is 0.580. The van der Waals surface area contributed by atoms with E-state index in [4.69, 9.17) is 0 Å². The van der Waals surface area contributed by atoms with E-state index in [-0.39, 0.29) is 5.92 Å². The Bertz CT molecular complexity index is 547. The minimum absolute atomic E-state index is 0.142. The van der Waals surface area contributed by atoms with Crippen LogP contribution < -0.4 is 0 Å². The van der Waals surface area contributed by atoms with Gasteiger partial charge in [0.25, 0.3) is 0 Å². The zero-order chi connectivity index (χ0) is 15.2. The Morgan fingerprint density at radius 3 is 2.19 bits per heavy atom. The molecule has 0 aliphatic rings. The molecule has 21 heavy (non-hydrogen) atoms. The minimum Gasteiger partial charge on any atom is -0.388 e. The van der Waals surface area contributed by atoms with E-state index in [0.29, 0.717) is 5.92 Å². The van der Waals surface area contributed by atoms with E-state index >= 15 is 0 Å². The van der Waals surface area contributed by atoms with Gasteiger partial charge < -0.3 is 5.11 Å². The molecule has 0 fully saturated rings. The van der Waals surface area contributed by atoms with Crippen molar-refractivity contribution in [1.82, 2.24) is 0 Å². The molecule has 0 radical (unpaired) electrons. The van der Waals surface area contributed by atoms with Crippen LogP contribution in [0.4, 0.5) is 0 Å². The van der Waals surface area contributed by atoms with Gasteiger partial charge >= 0.3 is 0 Å². The van der Waals surface area contributed by atoms with Gasteiger partial charge in [-0.15, -0.1) is 0 Å². The highest BCUT2D eigenvalue weighted by Crippen LogP contribution is 2.38. The first kappa shape index (κ1) is 15.8. The Kier molecular flexibility index (Phi) is 5.58. The number of hydrogen-bond acceptors (Lipinski definition) is 1. The second-order valence-electron chi connectivity index (χ2n) is 5.87. The standard InChI is InChI=1S/C20H26O/c1-4-15(3)19(17-11-7-6-8-12-17)20(21)18-13-9-10-16(5-2)14-18/h6-15,19-21H,4-5H2,1-3H3. The Hall–Kier alpha value is -1.60. The molecule has 0 spiro atoms. The molecular weight excluding hydrogens is 256 g/mol. The molecule has 0 heterocycles. The van der Waals surface area contributed by atoms with E-state index in [1.165, 1.54) is 11.1 Å². The number of benzene rings is 2. The fourth-order valence-electron chi connectivity index (χ4n) is 2.96. The highest BCUT2D eigenvalue weighted by molar-refractivity contribution is 5.30. The topological polar surface area (TPSA) is 20.2 Å². The predicted molar refractivity (Wildman–Crippen MR) is 89.4 cm³/mol. The average molecular weight is 282 g/mol. The molecule has 2 aromatic rings. The van der Waals surface area contributed by atoms with Crippen LogP contribution in [0.3, 0.4) is 0 Å². The Morgan fingerprint density at radius 1 is 0.905 bits per heavy atom. The number of aryl methyl sites for hydroxylation is 1. The fraction of sp³-hybridized carbons (Fsp3) is 0.400. The molecule has 1 N–H and O–H groups in total. The molecule has 0 saturated carbocycles. The van der Waals surface area contributed by atoms with Gasteiger partial charge in [-0.25, -0.2) is 0 Å². The van der Waals surface area contributed by atoms with Gasteiger partial charge in [0.05, 0.1) is 6.10 Å². The van der Waals surface area contributed by atoms with Gasteiger partial charge in [0, 0.05) is 5.92 Å². The lowest BCUT2D eigenvalue weighted by atomic mass is 9.79. The second kappa shape index (κ2) is 7.42. The van der Waals surface area contributed by atoms with Gasteiger partial charge in [-0.1, -0.05) is 81.8 Å². The maximum atomic E-state index is 11.0. The van der Waals surface area contributed by atoms with Gasteiger partial charge in [0.15, 0.2) is 0 Å². The van der Waals surface area contributed by atoms with Crippen molar-refractivity contribution < 1.29 is 5.11 Å². The molecule has 0 aromatic heterocycles. The van der Waals surface area contributed by atoms with Crippen molar-refractivity contribution in [3.63, 3.8) is 0 Å². The van der Waals surface area contributed by atoms with Crippen LogP contribution in [-0.2, 0) is 6.42 Å². The summed E-state index contributed by atoms with van der Waals surface area (Å²) in [7, 11) is 0. The summed E-state index contributed by atoms with van der Waals surface area (Å²) >= 11 is 0. The van der Waals surface area contributed by atoms with Crippen molar-refractivity contribution in [2.24, 2.45) is 5.92 Å². The lowest BCUT2D eigenvalue weighted by Crippen LogP contribution is -2.18. The lowest BCUT2D eigenvalue weighted by molar-refractivity contribution is 0.118. The first-order valence-corrected chi connectivity index (χ1v) is 7.99. The molecule has 2 aromatic carbocycles. The van der Waals surface area contributed by atoms with Gasteiger partial charge in [-0.2, -0.15) is 0 Å². The van der Waals surface area contributed by atoms with E-state index < -0.39 is 6.10 Å². The van der Waals surface area contributed by atoms with Crippen LogP contribution in [0.15, 0.2) is 54.6 Å². The number of hydrogen-bond donors (Lipinski definition) is 1. The minimum atomic E-state index is -0.450. The summed E-state index contributed by atoms with van der Waals surface area (Å²) in [6.07, 6.45) is 1.61. The van der Waals surface area contributed by atoms with Crippen molar-refractivity contribution in [2.45, 2.75) is 45.6 Å². The zero-order valence-electron chi connectivity index (χ0n) is 13.3. The molecule has 0 amide bonds. The maximum absolute atomic E-state index is 11.0. The summed E-state index contributed by atoms with van der Waals surface area (Å²) in [4.78, 5) is 0. The SMILES string of the molecule is CCc1cccc(C(O)C(c2ccccc2)C(C)CC)c1. The molecular formula is C20H26O. The summed E-state index contributed by atoms with van der Waals surface area (Å²) in [5, 5.41) is 11.0. The normalized spacial score (nSPS) is 15.4. The number of aliphatic hydroxyl groups excluding tert-OH is 1. The maximum Gasteiger partial charge on any atom is 0.0861 e. The van der Waals surface area contributed by atoms with Crippen LogP contribution in [0, 0.1) is 5.92 Å². The molecule has 0 saturated heterocycles. The summed E-state index contributed by atoms with van der Waals surface area (Å²) in [6, 6.07) is 18.8. The van der Waals surface area contributed by atoms with Crippen molar-refractivity contribution >= 4 is 0 Å². The summed E-state index contributed by atoms with van der Waals surface area (Å²) in [6.45, 7) is 6.56. The lowest BCUT2D eigenvalue weighted by Gasteiger charge is -2.29. The van der Waals surface area contributed by atoms with Crippen molar-refractivity contribution in [1.29, 1.82) is 0 Å². The molecule has 0 bridgehead atoms. The van der Waals surface area contributed by atoms with Crippen LogP contribution in [0.5, 0.6) is 0 Å². The van der Waals surface area contributed by atoms with Crippen molar-refractivity contribution in [3.05, 3.63) is 71.3 Å². The molecule has 1 heteroatoms. The second-order valence-corrected chi connectivity index (χ2v) is 5.87. The van der Waals surface area contributed by atoms with E-state index in [1.807, 2.05) is 12.1 Å². The van der Waals surface area contributed by atoms with Crippen LogP contribution in [0.25, 0.3) is 0 Å². The Balaban J connectivity index is 2.36. The highest BCUT2D eigenvalue weighted by Gasteiger charge is 2.27. The van der Waals surface area contributed by atoms with Gasteiger partial charge in [-0.05, 0) is 29.0 Å². The zero-order valence-corrected chi connectivity index (χ0v) is 13.3. The summed E-state index contributed by atoms with van der Waals surface area (Å²) < 4.78 is 0. The third-order valence-corrected chi connectivity index (χ3v) is 4.48. The molecule has 0 aliphatic carbocycles. The molecule has 1 nitrogen and oxygen atoms in total. The van der Waals surface area contributed by atoms with E-state index in [0.717, 1.165) is 18.4 Å². The highest BCUT2D eigenvalue weighted by atomic mass is 16.3. The fourth-order valence-corrected chi connectivity index (χ4v) is 2.96. The van der Waals surface area contributed by atoms with E-state index in [9.17, 15) is 5.11 Å². The first-order valence-electron chi connectivity index (χ1n) is 7.99. The number of aliphatic hydroxyl groups is 1. The molecule has 3 unspecified atom stereocenters. The van der Waals surface area contributed by atoms with Crippen LogP contribution in [-0.4, -0.2) is 5.11 Å². The van der Waals surface area contributed by atoms with Crippen LogP contribution >= 0.6 is 0 Å². The van der Waals surface area contributed by atoms with Crippen molar-refractivity contribution in [3.8, 4) is 0 Å². The van der Waals surface area contributed by atoms with Gasteiger partial charge in [0.2, 0.25) is 0 Å². The smallest absolute Gasteiger partial charge is 0.0861 e.